The molecule has 4 nitrogen and oxygen atoms in total. The maximum Gasteiger partial charge on any atom is 0.131 e. The molecule has 102 valence electrons. The van der Waals surface area contributed by atoms with Gasteiger partial charge in [0.15, 0.2) is 0 Å². The van der Waals surface area contributed by atoms with Gasteiger partial charge in [0.05, 0.1) is 22.2 Å². The van der Waals surface area contributed by atoms with Crippen LogP contribution in [0.15, 0.2) is 18.2 Å². The average Bonchev–Trinajstić information content (AvgIpc) is 2.75. The van der Waals surface area contributed by atoms with Crippen molar-refractivity contribution in [2.45, 2.75) is 19.6 Å². The van der Waals surface area contributed by atoms with Gasteiger partial charge in [-0.25, -0.2) is 8.78 Å². The van der Waals surface area contributed by atoms with Gasteiger partial charge in [0, 0.05) is 13.1 Å². The topological polar surface area (TPSA) is 58.0 Å². The van der Waals surface area contributed by atoms with E-state index < -0.39 is 17.7 Å². The molecule has 1 aromatic carbocycles. The largest absolute Gasteiger partial charge is 0.387 e. The first-order valence-electron chi connectivity index (χ1n) is 5.70. The summed E-state index contributed by atoms with van der Waals surface area (Å²) in [6.45, 7) is 2.33. The van der Waals surface area contributed by atoms with E-state index in [1.807, 2.05) is 6.92 Å². The Labute approximate surface area is 113 Å². The van der Waals surface area contributed by atoms with E-state index in [9.17, 15) is 13.9 Å². The minimum atomic E-state index is -1.23. The van der Waals surface area contributed by atoms with Crippen LogP contribution < -0.4 is 5.32 Å². The molecular weight excluding hydrogens is 272 g/mol. The second-order valence-electron chi connectivity index (χ2n) is 4.06. The number of hydrogen-bond acceptors (Lipinski definition) is 5. The summed E-state index contributed by atoms with van der Waals surface area (Å²) in [5.41, 5.74) is 0.498. The van der Waals surface area contributed by atoms with Crippen molar-refractivity contribution in [2.75, 3.05) is 6.54 Å². The van der Waals surface area contributed by atoms with Gasteiger partial charge in [0.1, 0.15) is 11.6 Å². The lowest BCUT2D eigenvalue weighted by atomic mass is 10.1. The molecule has 0 aliphatic rings. The highest BCUT2D eigenvalue weighted by Gasteiger charge is 2.17. The summed E-state index contributed by atoms with van der Waals surface area (Å²) in [4.78, 5) is 0.932. The van der Waals surface area contributed by atoms with Gasteiger partial charge in [0.2, 0.25) is 0 Å². The van der Waals surface area contributed by atoms with Crippen LogP contribution in [-0.2, 0) is 6.54 Å². The number of hydrogen-bond donors (Lipinski definition) is 2. The minimum absolute atomic E-state index is 0.0508. The Hall–Kier alpha value is -1.44. The first-order valence-corrected chi connectivity index (χ1v) is 6.47. The zero-order valence-corrected chi connectivity index (χ0v) is 11.0. The lowest BCUT2D eigenvalue weighted by Gasteiger charge is -2.13. The van der Waals surface area contributed by atoms with Crippen molar-refractivity contribution in [3.63, 3.8) is 0 Å². The second-order valence-corrected chi connectivity index (χ2v) is 4.90. The normalized spacial score (nSPS) is 12.6. The molecule has 0 aliphatic heterocycles. The van der Waals surface area contributed by atoms with Crippen LogP contribution in [0.5, 0.6) is 0 Å². The summed E-state index contributed by atoms with van der Waals surface area (Å²) in [6, 6.07) is 3.51. The number of nitrogens with one attached hydrogen (secondary N) is 1. The van der Waals surface area contributed by atoms with Crippen LogP contribution in [0.4, 0.5) is 8.78 Å². The van der Waals surface area contributed by atoms with Crippen molar-refractivity contribution in [1.82, 2.24) is 14.9 Å². The van der Waals surface area contributed by atoms with Crippen LogP contribution in [0.1, 0.15) is 22.2 Å². The predicted octanol–water partition coefficient (Wildman–Crippen LogP) is 1.95. The molecule has 0 spiro atoms. The van der Waals surface area contributed by atoms with E-state index in [-0.39, 0.29) is 12.1 Å². The molecule has 1 heterocycles. The van der Waals surface area contributed by atoms with Crippen LogP contribution in [0.25, 0.3) is 0 Å². The van der Waals surface area contributed by atoms with E-state index in [0.717, 1.165) is 22.7 Å². The van der Waals surface area contributed by atoms with E-state index >= 15 is 0 Å². The highest BCUT2D eigenvalue weighted by molar-refractivity contribution is 7.05. The summed E-state index contributed by atoms with van der Waals surface area (Å²) in [5.74, 6) is -1.49. The fourth-order valence-electron chi connectivity index (χ4n) is 1.67. The summed E-state index contributed by atoms with van der Waals surface area (Å²) < 4.78 is 30.6. The maximum absolute atomic E-state index is 13.4. The first-order chi connectivity index (χ1) is 9.09. The lowest BCUT2D eigenvalue weighted by molar-refractivity contribution is 0.164. The van der Waals surface area contributed by atoms with E-state index in [1.54, 1.807) is 0 Å². The number of aliphatic hydroxyl groups is 1. The average molecular weight is 285 g/mol. The summed E-state index contributed by atoms with van der Waals surface area (Å²) in [7, 11) is 0. The van der Waals surface area contributed by atoms with Gasteiger partial charge in [-0.2, -0.15) is 0 Å². The molecule has 0 saturated heterocycles. The molecule has 2 aromatic rings. The van der Waals surface area contributed by atoms with Gasteiger partial charge in [-0.1, -0.05) is 10.6 Å². The molecule has 0 radical (unpaired) electrons. The van der Waals surface area contributed by atoms with Crippen molar-refractivity contribution >= 4 is 11.5 Å². The third-order valence-corrected chi connectivity index (χ3v) is 3.52. The SMILES string of the molecule is Cc1nnsc1CNCC(O)c1c(F)cccc1F. The number of aliphatic hydroxyl groups excluding tert-OH is 1. The molecule has 0 aliphatic carbocycles. The van der Waals surface area contributed by atoms with Crippen LogP contribution >= 0.6 is 11.5 Å². The monoisotopic (exact) mass is 285 g/mol. The number of aromatic nitrogens is 2. The molecule has 7 heteroatoms. The van der Waals surface area contributed by atoms with Gasteiger partial charge in [-0.3, -0.25) is 0 Å². The lowest BCUT2D eigenvalue weighted by Crippen LogP contribution is -2.22. The summed E-state index contributed by atoms with van der Waals surface area (Å²) in [6.07, 6.45) is -1.23. The first kappa shape index (κ1) is 14.0. The highest BCUT2D eigenvalue weighted by Crippen LogP contribution is 2.20. The maximum atomic E-state index is 13.4. The van der Waals surface area contributed by atoms with Gasteiger partial charge in [-0.05, 0) is 30.6 Å². The van der Waals surface area contributed by atoms with Crippen molar-refractivity contribution < 1.29 is 13.9 Å². The van der Waals surface area contributed by atoms with E-state index in [0.29, 0.717) is 6.54 Å². The van der Waals surface area contributed by atoms with Gasteiger partial charge in [0.25, 0.3) is 0 Å². The minimum Gasteiger partial charge on any atom is -0.387 e. The van der Waals surface area contributed by atoms with Crippen molar-refractivity contribution in [3.05, 3.63) is 46.0 Å². The Kier molecular flexibility index (Phi) is 4.52. The number of benzene rings is 1. The Morgan fingerprint density at radius 2 is 2.05 bits per heavy atom. The quantitative estimate of drug-likeness (QED) is 0.881. The van der Waals surface area contributed by atoms with Crippen LogP contribution in [0, 0.1) is 18.6 Å². The molecule has 2 rings (SSSR count). The molecule has 1 unspecified atom stereocenters. The molecule has 0 bridgehead atoms. The van der Waals surface area contributed by atoms with Crippen molar-refractivity contribution in [2.24, 2.45) is 0 Å². The predicted molar refractivity (Wildman–Crippen MR) is 67.7 cm³/mol. The molecule has 0 fully saturated rings. The third kappa shape index (κ3) is 3.31. The molecule has 19 heavy (non-hydrogen) atoms. The highest BCUT2D eigenvalue weighted by atomic mass is 32.1. The van der Waals surface area contributed by atoms with Crippen LogP contribution in [-0.4, -0.2) is 21.2 Å². The Morgan fingerprint density at radius 1 is 1.37 bits per heavy atom. The van der Waals surface area contributed by atoms with E-state index in [2.05, 4.69) is 14.9 Å². The number of rotatable bonds is 5. The van der Waals surface area contributed by atoms with Crippen LogP contribution in [0.3, 0.4) is 0 Å². The van der Waals surface area contributed by atoms with Crippen LogP contribution in [0.2, 0.25) is 0 Å². The fourth-order valence-corrected chi connectivity index (χ4v) is 2.27. The number of aryl methyl sites for hydroxylation is 1. The zero-order chi connectivity index (χ0) is 13.8. The molecule has 2 N–H and O–H groups in total. The summed E-state index contributed by atoms with van der Waals surface area (Å²) in [5, 5.41) is 16.6. The molecular formula is C12H13F2N3OS. The number of halogens is 2. The standard InChI is InChI=1S/C12H13F2N3OS/c1-7-11(19-17-16-7)6-15-5-10(18)12-8(13)3-2-4-9(12)14/h2-4,10,15,18H,5-6H2,1H3. The Morgan fingerprint density at radius 3 is 2.63 bits per heavy atom. The van der Waals surface area contributed by atoms with Gasteiger partial charge >= 0.3 is 0 Å². The molecule has 0 saturated carbocycles. The Balaban J connectivity index is 1.95. The van der Waals surface area contributed by atoms with E-state index in [4.69, 9.17) is 0 Å². The van der Waals surface area contributed by atoms with Gasteiger partial charge in [-0.15, -0.1) is 5.10 Å². The van der Waals surface area contributed by atoms with Crippen molar-refractivity contribution in [1.29, 1.82) is 0 Å². The molecule has 1 aromatic heterocycles. The van der Waals surface area contributed by atoms with Crippen molar-refractivity contribution in [3.8, 4) is 0 Å². The molecule has 0 amide bonds. The Bertz CT molecular complexity index is 541. The number of nitrogens with zero attached hydrogens (tertiary/aromatic N) is 2. The van der Waals surface area contributed by atoms with Gasteiger partial charge < -0.3 is 10.4 Å². The fraction of sp³-hybridized carbons (Fsp3) is 0.333. The zero-order valence-electron chi connectivity index (χ0n) is 10.2. The smallest absolute Gasteiger partial charge is 0.131 e. The summed E-state index contributed by atoms with van der Waals surface area (Å²) >= 11 is 1.25. The molecule has 1 atom stereocenters. The second kappa shape index (κ2) is 6.14. The van der Waals surface area contributed by atoms with E-state index in [1.165, 1.54) is 17.6 Å². The third-order valence-electron chi connectivity index (χ3n) is 2.70.